The second-order valence-electron chi connectivity index (χ2n) is 7.35. The molecule has 0 bridgehead atoms. The number of para-hydroxylation sites is 1. The lowest BCUT2D eigenvalue weighted by Crippen LogP contribution is -2.36. The third-order valence-electron chi connectivity index (χ3n) is 5.40. The summed E-state index contributed by atoms with van der Waals surface area (Å²) in [6.45, 7) is 1.91. The lowest BCUT2D eigenvalue weighted by Gasteiger charge is -2.25. The topological polar surface area (TPSA) is 96.8 Å². The largest absolute Gasteiger partial charge is 0.361 e. The average Bonchev–Trinajstić information content (AvgIpc) is 3.31. The Labute approximate surface area is 166 Å². The number of carbonyl (C=O) groups excluding carboxylic acids is 1. The highest BCUT2D eigenvalue weighted by molar-refractivity contribution is 5.95. The molecular formula is C22H21N5O2. The maximum atomic E-state index is 12.4. The molecule has 0 saturated heterocycles. The minimum absolute atomic E-state index is 0.0637. The normalized spacial score (nSPS) is 15.0. The maximum Gasteiger partial charge on any atom is 0.323 e. The Bertz CT molecular complexity index is 1290. The van der Waals surface area contributed by atoms with Gasteiger partial charge in [-0.15, -0.1) is 0 Å². The van der Waals surface area contributed by atoms with E-state index in [0.29, 0.717) is 17.7 Å². The first kappa shape index (κ1) is 17.5. The van der Waals surface area contributed by atoms with Crippen LogP contribution in [0.4, 0.5) is 5.69 Å². The molecule has 0 unspecified atom stereocenters. The molecule has 4 N–H and O–H groups in total. The molecule has 1 aliphatic heterocycles. The zero-order chi connectivity index (χ0) is 19.8. The number of hydrogen-bond donors (Lipinski definition) is 4. The van der Waals surface area contributed by atoms with Gasteiger partial charge >= 0.3 is 5.69 Å². The minimum Gasteiger partial charge on any atom is -0.361 e. The Balaban J connectivity index is 1.23. The number of anilines is 1. The van der Waals surface area contributed by atoms with Crippen molar-refractivity contribution in [2.45, 2.75) is 6.42 Å². The summed E-state index contributed by atoms with van der Waals surface area (Å²) in [5.41, 5.74) is 5.53. The number of H-pyrrole nitrogens is 3. The number of benzene rings is 2. The van der Waals surface area contributed by atoms with Crippen molar-refractivity contribution >= 4 is 39.1 Å². The van der Waals surface area contributed by atoms with Crippen LogP contribution in [0.25, 0.3) is 27.5 Å². The number of carbonyl (C=O) groups is 1. The molecule has 0 atom stereocenters. The van der Waals surface area contributed by atoms with E-state index in [0.717, 1.165) is 30.5 Å². The summed E-state index contributed by atoms with van der Waals surface area (Å²) in [5, 5.41) is 4.15. The predicted octanol–water partition coefficient (Wildman–Crippen LogP) is 3.07. The van der Waals surface area contributed by atoms with Crippen molar-refractivity contribution in [3.05, 3.63) is 70.8 Å². The quantitative estimate of drug-likeness (QED) is 0.433. The fourth-order valence-corrected chi connectivity index (χ4v) is 3.95. The lowest BCUT2D eigenvalue weighted by atomic mass is 9.99. The van der Waals surface area contributed by atoms with Crippen LogP contribution in [0.1, 0.15) is 12.0 Å². The fourth-order valence-electron chi connectivity index (χ4n) is 3.95. The second-order valence-corrected chi connectivity index (χ2v) is 7.35. The van der Waals surface area contributed by atoms with Gasteiger partial charge in [0.2, 0.25) is 5.91 Å². The fraction of sp³-hybridized carbons (Fsp3) is 0.182. The molecule has 3 heterocycles. The van der Waals surface area contributed by atoms with E-state index >= 15 is 0 Å². The van der Waals surface area contributed by atoms with Crippen LogP contribution in [0.15, 0.2) is 59.5 Å². The van der Waals surface area contributed by atoms with E-state index in [-0.39, 0.29) is 11.6 Å². The highest BCUT2D eigenvalue weighted by Crippen LogP contribution is 2.29. The highest BCUT2D eigenvalue weighted by Gasteiger charge is 2.17. The molecule has 0 radical (unpaired) electrons. The van der Waals surface area contributed by atoms with Gasteiger partial charge in [-0.05, 0) is 36.3 Å². The van der Waals surface area contributed by atoms with Gasteiger partial charge in [-0.1, -0.05) is 24.3 Å². The van der Waals surface area contributed by atoms with Crippen molar-refractivity contribution < 1.29 is 4.79 Å². The van der Waals surface area contributed by atoms with Crippen molar-refractivity contribution in [3.63, 3.8) is 0 Å². The van der Waals surface area contributed by atoms with Crippen molar-refractivity contribution in [1.29, 1.82) is 0 Å². The first-order valence-electron chi connectivity index (χ1n) is 9.65. The third kappa shape index (κ3) is 3.48. The number of nitrogens with zero attached hydrogens (tertiary/aromatic N) is 1. The van der Waals surface area contributed by atoms with Gasteiger partial charge in [-0.3, -0.25) is 9.69 Å². The summed E-state index contributed by atoms with van der Waals surface area (Å²) in [7, 11) is 0. The van der Waals surface area contributed by atoms with E-state index < -0.39 is 0 Å². The average molecular weight is 387 g/mol. The molecule has 0 aliphatic carbocycles. The van der Waals surface area contributed by atoms with E-state index in [2.05, 4.69) is 55.6 Å². The summed E-state index contributed by atoms with van der Waals surface area (Å²) in [5.74, 6) is -0.0637. The Kier molecular flexibility index (Phi) is 4.29. The number of amides is 1. The van der Waals surface area contributed by atoms with Gasteiger partial charge in [0, 0.05) is 41.4 Å². The SMILES string of the molecule is O=C(CN1CC=C(c2c[nH]c3ccccc23)CC1)Nc1ccc2[nH]c(=O)[nH]c2c1. The molecule has 4 aromatic rings. The molecule has 1 aliphatic rings. The lowest BCUT2D eigenvalue weighted by molar-refractivity contribution is -0.117. The van der Waals surface area contributed by atoms with E-state index in [4.69, 9.17) is 0 Å². The number of imidazole rings is 1. The molecule has 29 heavy (non-hydrogen) atoms. The van der Waals surface area contributed by atoms with Crippen molar-refractivity contribution in [3.8, 4) is 0 Å². The molecule has 1 amide bonds. The monoisotopic (exact) mass is 387 g/mol. The number of nitrogens with one attached hydrogen (secondary N) is 4. The van der Waals surface area contributed by atoms with Gasteiger partial charge in [0.1, 0.15) is 0 Å². The van der Waals surface area contributed by atoms with Crippen molar-refractivity contribution in [2.75, 3.05) is 25.0 Å². The zero-order valence-corrected chi connectivity index (χ0v) is 15.8. The van der Waals surface area contributed by atoms with Crippen LogP contribution < -0.4 is 11.0 Å². The Morgan fingerprint density at radius 3 is 2.79 bits per heavy atom. The first-order valence-corrected chi connectivity index (χ1v) is 9.65. The predicted molar refractivity (Wildman–Crippen MR) is 115 cm³/mol. The molecule has 146 valence electrons. The summed E-state index contributed by atoms with van der Waals surface area (Å²) in [4.78, 5) is 34.7. The molecule has 2 aromatic heterocycles. The number of hydrogen-bond acceptors (Lipinski definition) is 3. The second kappa shape index (κ2) is 7.10. The molecule has 5 rings (SSSR count). The first-order chi connectivity index (χ1) is 14.2. The van der Waals surface area contributed by atoms with Crippen LogP contribution in [0, 0.1) is 0 Å². The van der Waals surface area contributed by atoms with Crippen LogP contribution in [0.5, 0.6) is 0 Å². The summed E-state index contributed by atoms with van der Waals surface area (Å²) < 4.78 is 0. The van der Waals surface area contributed by atoms with E-state index in [1.54, 1.807) is 18.2 Å². The minimum atomic E-state index is -0.255. The van der Waals surface area contributed by atoms with E-state index in [9.17, 15) is 9.59 Å². The Morgan fingerprint density at radius 1 is 1.07 bits per heavy atom. The van der Waals surface area contributed by atoms with Gasteiger partial charge in [0.05, 0.1) is 17.6 Å². The number of rotatable bonds is 4. The van der Waals surface area contributed by atoms with Gasteiger partial charge in [-0.25, -0.2) is 4.79 Å². The Hall–Kier alpha value is -3.58. The van der Waals surface area contributed by atoms with Gasteiger partial charge in [0.15, 0.2) is 0 Å². The molecular weight excluding hydrogens is 366 g/mol. The van der Waals surface area contributed by atoms with Crippen LogP contribution in [-0.4, -0.2) is 45.4 Å². The van der Waals surface area contributed by atoms with Gasteiger partial charge in [-0.2, -0.15) is 0 Å². The van der Waals surface area contributed by atoms with E-state index in [1.807, 2.05) is 6.07 Å². The molecule has 7 heteroatoms. The molecule has 0 fully saturated rings. The number of aromatic nitrogens is 3. The number of aromatic amines is 3. The zero-order valence-electron chi connectivity index (χ0n) is 15.8. The summed E-state index contributed by atoms with van der Waals surface area (Å²) in [6.07, 6.45) is 5.19. The molecule has 2 aromatic carbocycles. The molecule has 0 spiro atoms. The summed E-state index contributed by atoms with van der Waals surface area (Å²) >= 11 is 0. The van der Waals surface area contributed by atoms with Gasteiger partial charge < -0.3 is 20.3 Å². The van der Waals surface area contributed by atoms with Crippen LogP contribution in [0.2, 0.25) is 0 Å². The van der Waals surface area contributed by atoms with Crippen LogP contribution in [0.3, 0.4) is 0 Å². The molecule has 0 saturated carbocycles. The smallest absolute Gasteiger partial charge is 0.323 e. The van der Waals surface area contributed by atoms with E-state index in [1.165, 1.54) is 16.5 Å². The van der Waals surface area contributed by atoms with Crippen molar-refractivity contribution in [1.82, 2.24) is 19.9 Å². The van der Waals surface area contributed by atoms with Crippen LogP contribution in [-0.2, 0) is 4.79 Å². The summed E-state index contributed by atoms with van der Waals surface area (Å²) in [6, 6.07) is 13.6. The highest BCUT2D eigenvalue weighted by atomic mass is 16.2. The van der Waals surface area contributed by atoms with Crippen molar-refractivity contribution in [2.24, 2.45) is 0 Å². The number of fused-ring (bicyclic) bond motifs is 2. The standard InChI is InChI=1S/C22H21N5O2/c28-21(24-15-5-6-19-20(11-15)26-22(29)25-19)13-27-9-7-14(8-10-27)17-12-23-18-4-2-1-3-16(17)18/h1-7,11-12,23H,8-10,13H2,(H,24,28)(H2,25,26,29). The van der Waals surface area contributed by atoms with Gasteiger partial charge in [0.25, 0.3) is 0 Å². The maximum absolute atomic E-state index is 12.4. The van der Waals surface area contributed by atoms with Crippen LogP contribution >= 0.6 is 0 Å². The molecule has 7 nitrogen and oxygen atoms in total. The Morgan fingerprint density at radius 2 is 1.93 bits per heavy atom. The third-order valence-corrected chi connectivity index (χ3v) is 5.40.